The maximum absolute atomic E-state index is 14.5. The third-order valence-electron chi connectivity index (χ3n) is 7.43. The lowest BCUT2D eigenvalue weighted by Gasteiger charge is -2.34. The molecule has 0 aromatic heterocycles. The average molecular weight is 664 g/mol. The summed E-state index contributed by atoms with van der Waals surface area (Å²) in [7, 11) is -1.48. The summed E-state index contributed by atoms with van der Waals surface area (Å²) in [5, 5.41) is 3.26. The summed E-state index contributed by atoms with van der Waals surface area (Å²) >= 11 is 6.14. The number of methoxy groups -OCH3 is 2. The van der Waals surface area contributed by atoms with E-state index >= 15 is 0 Å². The van der Waals surface area contributed by atoms with Gasteiger partial charge in [0.2, 0.25) is 11.8 Å². The fraction of sp³-hybridized carbons (Fsp3) is 0.257. The molecule has 0 saturated heterocycles. The smallest absolute Gasteiger partial charge is 0.264 e. The number of carbonyl (C=O) groups excluding carboxylic acids is 2. The van der Waals surface area contributed by atoms with Crippen LogP contribution in [0.25, 0.3) is 0 Å². The Morgan fingerprint density at radius 3 is 2.11 bits per heavy atom. The van der Waals surface area contributed by atoms with Crippen LogP contribution in [0, 0.1) is 6.92 Å². The first-order valence-corrected chi connectivity index (χ1v) is 16.6. The number of carbonyl (C=O) groups is 2. The Hall–Kier alpha value is -4.54. The van der Waals surface area contributed by atoms with Gasteiger partial charge in [0.1, 0.15) is 12.6 Å². The molecule has 0 bridgehead atoms. The average Bonchev–Trinajstić information content (AvgIpc) is 3.06. The Balaban J connectivity index is 1.81. The van der Waals surface area contributed by atoms with Gasteiger partial charge in [0.25, 0.3) is 10.0 Å². The molecule has 4 aromatic rings. The molecule has 242 valence electrons. The molecule has 0 aliphatic rings. The lowest BCUT2D eigenvalue weighted by molar-refractivity contribution is -0.140. The largest absolute Gasteiger partial charge is 0.493 e. The number of sulfonamides is 1. The van der Waals surface area contributed by atoms with E-state index in [1.165, 1.54) is 49.5 Å². The van der Waals surface area contributed by atoms with Crippen molar-refractivity contribution in [3.8, 4) is 11.5 Å². The van der Waals surface area contributed by atoms with Crippen molar-refractivity contribution in [3.63, 3.8) is 0 Å². The van der Waals surface area contributed by atoms with E-state index in [4.69, 9.17) is 21.1 Å². The molecular weight excluding hydrogens is 626 g/mol. The minimum atomic E-state index is -4.34. The summed E-state index contributed by atoms with van der Waals surface area (Å²) in [6, 6.07) is 26.5. The first kappa shape index (κ1) is 34.3. The Bertz CT molecular complexity index is 1730. The molecule has 1 atom stereocenters. The molecule has 0 spiro atoms. The van der Waals surface area contributed by atoms with Crippen molar-refractivity contribution >= 4 is 39.1 Å². The van der Waals surface area contributed by atoms with Crippen LogP contribution in [0.2, 0.25) is 5.02 Å². The topological polar surface area (TPSA) is 105 Å². The van der Waals surface area contributed by atoms with Gasteiger partial charge >= 0.3 is 0 Å². The molecule has 4 rings (SSSR count). The van der Waals surface area contributed by atoms with E-state index in [2.05, 4.69) is 5.32 Å². The van der Waals surface area contributed by atoms with E-state index in [1.54, 1.807) is 12.1 Å². The van der Waals surface area contributed by atoms with Gasteiger partial charge in [-0.3, -0.25) is 13.9 Å². The minimum absolute atomic E-state index is 0.0820. The van der Waals surface area contributed by atoms with Gasteiger partial charge < -0.3 is 19.7 Å². The second-order valence-electron chi connectivity index (χ2n) is 10.6. The number of ether oxygens (including phenoxy) is 2. The Morgan fingerprint density at radius 2 is 1.50 bits per heavy atom. The van der Waals surface area contributed by atoms with Crippen molar-refractivity contribution in [3.05, 3.63) is 119 Å². The molecule has 0 unspecified atom stereocenters. The number of hydrogen-bond acceptors (Lipinski definition) is 6. The molecule has 0 radical (unpaired) electrons. The van der Waals surface area contributed by atoms with Gasteiger partial charge in [-0.2, -0.15) is 0 Å². The fourth-order valence-corrected chi connectivity index (χ4v) is 6.53. The highest BCUT2D eigenvalue weighted by atomic mass is 35.5. The Kier molecular flexibility index (Phi) is 11.7. The standard InChI is InChI=1S/C35H38ClN3O6S/c1-5-37-35(41)31(21-26-9-7-6-8-10-26)38(23-27-13-11-25(2)12-14-27)34(40)24-39(29-17-15-28(36)16-18-29)46(42,43)30-19-20-32(44-3)33(22-30)45-4/h6-20,22,31H,5,21,23-24H2,1-4H3,(H,37,41)/t31-/m1/s1. The van der Waals surface area contributed by atoms with Crippen LogP contribution < -0.4 is 19.1 Å². The fourth-order valence-electron chi connectivity index (χ4n) is 4.98. The highest BCUT2D eigenvalue weighted by Crippen LogP contribution is 2.33. The summed E-state index contributed by atoms with van der Waals surface area (Å²) in [5.74, 6) is -0.337. The molecule has 0 heterocycles. The van der Waals surface area contributed by atoms with Crippen molar-refractivity contribution in [2.75, 3.05) is 31.6 Å². The van der Waals surface area contributed by atoms with E-state index in [-0.39, 0.29) is 35.2 Å². The number of nitrogens with one attached hydrogen (secondary N) is 1. The second-order valence-corrected chi connectivity index (χ2v) is 12.9. The normalized spacial score (nSPS) is 11.8. The number of likely N-dealkylation sites (N-methyl/N-ethyl adjacent to an activating group) is 1. The third-order valence-corrected chi connectivity index (χ3v) is 9.45. The zero-order chi connectivity index (χ0) is 33.3. The number of rotatable bonds is 14. The quantitative estimate of drug-likeness (QED) is 0.187. The maximum atomic E-state index is 14.5. The van der Waals surface area contributed by atoms with E-state index in [1.807, 2.05) is 68.4 Å². The molecule has 0 aliphatic carbocycles. The third kappa shape index (κ3) is 8.38. The number of nitrogens with zero attached hydrogens (tertiary/aromatic N) is 2. The molecule has 11 heteroatoms. The number of hydrogen-bond donors (Lipinski definition) is 1. The van der Waals surface area contributed by atoms with Crippen LogP contribution in [-0.4, -0.2) is 58.5 Å². The predicted octanol–water partition coefficient (Wildman–Crippen LogP) is 5.64. The zero-order valence-corrected chi connectivity index (χ0v) is 27.8. The molecule has 4 aromatic carbocycles. The van der Waals surface area contributed by atoms with Gasteiger partial charge in [0.05, 0.1) is 24.8 Å². The van der Waals surface area contributed by atoms with Crippen LogP contribution >= 0.6 is 11.6 Å². The van der Waals surface area contributed by atoms with Gasteiger partial charge in [-0.15, -0.1) is 0 Å². The van der Waals surface area contributed by atoms with Crippen molar-refractivity contribution in [2.24, 2.45) is 0 Å². The van der Waals surface area contributed by atoms with Crippen LogP contribution in [0.5, 0.6) is 11.5 Å². The van der Waals surface area contributed by atoms with Crippen LogP contribution in [0.1, 0.15) is 23.6 Å². The molecule has 2 amide bonds. The number of aryl methyl sites for hydroxylation is 1. The first-order chi connectivity index (χ1) is 22.1. The molecule has 1 N–H and O–H groups in total. The van der Waals surface area contributed by atoms with Gasteiger partial charge in [-0.1, -0.05) is 71.8 Å². The van der Waals surface area contributed by atoms with Crippen LogP contribution in [0.15, 0.2) is 102 Å². The minimum Gasteiger partial charge on any atom is -0.493 e. The first-order valence-electron chi connectivity index (χ1n) is 14.7. The van der Waals surface area contributed by atoms with Gasteiger partial charge in [-0.05, 0) is 61.4 Å². The van der Waals surface area contributed by atoms with Crippen molar-refractivity contribution < 1.29 is 27.5 Å². The number of halogens is 1. The maximum Gasteiger partial charge on any atom is 0.264 e. The number of anilines is 1. The number of benzene rings is 4. The van der Waals surface area contributed by atoms with Gasteiger partial charge in [0, 0.05) is 30.6 Å². The summed E-state index contributed by atoms with van der Waals surface area (Å²) in [6.45, 7) is 3.62. The number of amides is 2. The van der Waals surface area contributed by atoms with Crippen molar-refractivity contribution in [1.29, 1.82) is 0 Å². The molecule has 46 heavy (non-hydrogen) atoms. The van der Waals surface area contributed by atoms with Crippen molar-refractivity contribution in [2.45, 2.75) is 37.8 Å². The Labute approximate surface area is 275 Å². The summed E-state index contributed by atoms with van der Waals surface area (Å²) in [6.07, 6.45) is 0.230. The second kappa shape index (κ2) is 15.6. The van der Waals surface area contributed by atoms with Crippen LogP contribution in [0.4, 0.5) is 5.69 Å². The lowest BCUT2D eigenvalue weighted by atomic mass is 10.0. The molecule has 0 aliphatic heterocycles. The van der Waals surface area contributed by atoms with Gasteiger partial charge in [-0.25, -0.2) is 8.42 Å². The molecule has 9 nitrogen and oxygen atoms in total. The van der Waals surface area contributed by atoms with Gasteiger partial charge in [0.15, 0.2) is 11.5 Å². The van der Waals surface area contributed by atoms with E-state index in [0.717, 1.165) is 21.0 Å². The van der Waals surface area contributed by atoms with Crippen LogP contribution in [-0.2, 0) is 32.6 Å². The van der Waals surface area contributed by atoms with Crippen molar-refractivity contribution in [1.82, 2.24) is 10.2 Å². The van der Waals surface area contributed by atoms with E-state index in [0.29, 0.717) is 17.3 Å². The Morgan fingerprint density at radius 1 is 0.848 bits per heavy atom. The predicted molar refractivity (Wildman–Crippen MR) is 180 cm³/mol. The summed E-state index contributed by atoms with van der Waals surface area (Å²) in [5.41, 5.74) is 2.91. The highest BCUT2D eigenvalue weighted by Gasteiger charge is 2.35. The van der Waals surface area contributed by atoms with Crippen LogP contribution in [0.3, 0.4) is 0 Å². The summed E-state index contributed by atoms with van der Waals surface area (Å²) < 4.78 is 40.2. The van der Waals surface area contributed by atoms with E-state index < -0.39 is 28.5 Å². The molecular formula is C35H38ClN3O6S. The lowest BCUT2D eigenvalue weighted by Crippen LogP contribution is -2.53. The SMILES string of the molecule is CCNC(=O)[C@@H](Cc1ccccc1)N(Cc1ccc(C)cc1)C(=O)CN(c1ccc(Cl)cc1)S(=O)(=O)c1ccc(OC)c(OC)c1. The highest BCUT2D eigenvalue weighted by molar-refractivity contribution is 7.92. The monoisotopic (exact) mass is 663 g/mol. The zero-order valence-electron chi connectivity index (χ0n) is 26.3. The summed E-state index contributed by atoms with van der Waals surface area (Å²) in [4.78, 5) is 29.4. The van der Waals surface area contributed by atoms with E-state index in [9.17, 15) is 18.0 Å². The molecule has 0 fully saturated rings. The molecule has 0 saturated carbocycles.